The predicted octanol–water partition coefficient (Wildman–Crippen LogP) is 5.28. The van der Waals surface area contributed by atoms with E-state index in [0.717, 1.165) is 5.56 Å². The zero-order valence-electron chi connectivity index (χ0n) is 19.1. The van der Waals surface area contributed by atoms with Crippen LogP contribution in [0.2, 0.25) is 5.02 Å². The van der Waals surface area contributed by atoms with Crippen molar-refractivity contribution in [3.8, 4) is 0 Å². The molecule has 0 atom stereocenters. The average molecular weight is 534 g/mol. The molecular formula is C24H22ClF6N3O2. The van der Waals surface area contributed by atoms with Crippen molar-refractivity contribution in [2.45, 2.75) is 37.3 Å². The van der Waals surface area contributed by atoms with E-state index in [2.05, 4.69) is 0 Å². The summed E-state index contributed by atoms with van der Waals surface area (Å²) in [5.74, 6) is -1.09. The first-order valence-electron chi connectivity index (χ1n) is 11.0. The molecule has 0 unspecified atom stereocenters. The van der Waals surface area contributed by atoms with Crippen LogP contribution in [0.15, 0.2) is 42.5 Å². The molecule has 2 heterocycles. The molecule has 0 bridgehead atoms. The summed E-state index contributed by atoms with van der Waals surface area (Å²) >= 11 is 6.07. The summed E-state index contributed by atoms with van der Waals surface area (Å²) in [4.78, 5) is 30.8. The maximum Gasteiger partial charge on any atom is 0.416 e. The Bertz CT molecular complexity index is 1140. The number of hydrogen-bond donors (Lipinski definition) is 0. The Morgan fingerprint density at radius 1 is 0.972 bits per heavy atom. The van der Waals surface area contributed by atoms with Gasteiger partial charge in [-0.15, -0.1) is 0 Å². The molecule has 2 aromatic carbocycles. The van der Waals surface area contributed by atoms with Crippen LogP contribution in [0, 0.1) is 0 Å². The van der Waals surface area contributed by atoms with Gasteiger partial charge >= 0.3 is 12.4 Å². The first-order chi connectivity index (χ1) is 16.7. The van der Waals surface area contributed by atoms with E-state index in [0.29, 0.717) is 30.4 Å². The number of likely N-dealkylation sites (tertiary alicyclic amines) is 1. The molecular weight excluding hydrogens is 512 g/mol. The Morgan fingerprint density at radius 3 is 2.08 bits per heavy atom. The molecule has 4 rings (SSSR count). The third-order valence-electron chi connectivity index (χ3n) is 6.71. The highest BCUT2D eigenvalue weighted by Gasteiger charge is 2.53. The van der Waals surface area contributed by atoms with E-state index in [9.17, 15) is 35.9 Å². The molecule has 2 aliphatic rings. The third-order valence-corrected chi connectivity index (χ3v) is 6.94. The molecule has 2 saturated heterocycles. The topological polar surface area (TPSA) is 43.9 Å². The minimum Gasteiger partial charge on any atom is -0.338 e. The molecule has 5 nitrogen and oxygen atoms in total. The number of likely N-dealkylation sites (N-methyl/N-ethyl adjacent to an activating group) is 1. The Hall–Kier alpha value is -2.79. The Morgan fingerprint density at radius 2 is 1.56 bits per heavy atom. The molecule has 2 amide bonds. The lowest BCUT2D eigenvalue weighted by Gasteiger charge is -2.42. The summed E-state index contributed by atoms with van der Waals surface area (Å²) in [6.45, 7) is 0.749. The van der Waals surface area contributed by atoms with Crippen molar-refractivity contribution in [1.82, 2.24) is 14.7 Å². The van der Waals surface area contributed by atoms with Gasteiger partial charge in [0.05, 0.1) is 17.8 Å². The summed E-state index contributed by atoms with van der Waals surface area (Å²) in [7, 11) is 1.65. The second-order valence-electron chi connectivity index (χ2n) is 9.09. The number of hydrogen-bond acceptors (Lipinski definition) is 3. The van der Waals surface area contributed by atoms with Gasteiger partial charge in [0.2, 0.25) is 5.91 Å². The van der Waals surface area contributed by atoms with Crippen LogP contribution in [0.4, 0.5) is 26.3 Å². The van der Waals surface area contributed by atoms with Crippen molar-refractivity contribution in [2.24, 2.45) is 0 Å². The monoisotopic (exact) mass is 533 g/mol. The molecule has 0 aromatic heterocycles. The molecule has 0 N–H and O–H groups in total. The van der Waals surface area contributed by atoms with E-state index in [-0.39, 0.29) is 37.9 Å². The fourth-order valence-electron chi connectivity index (χ4n) is 4.87. The Labute approximate surface area is 208 Å². The SMILES string of the molecule is CN1CN(Cc2cccc(Cl)c2)C2(CCN(C(=O)c3cc(C(F)(F)F)cc(C(F)(F)F)c3)CC2)C1=O. The predicted molar refractivity (Wildman–Crippen MR) is 119 cm³/mol. The molecule has 0 aliphatic carbocycles. The molecule has 2 aromatic rings. The number of benzene rings is 2. The molecule has 194 valence electrons. The van der Waals surface area contributed by atoms with Crippen LogP contribution in [0.5, 0.6) is 0 Å². The normalized spacial score (nSPS) is 18.8. The molecule has 0 saturated carbocycles. The number of rotatable bonds is 3. The number of halogens is 7. The summed E-state index contributed by atoms with van der Waals surface area (Å²) in [5, 5.41) is 0.542. The lowest BCUT2D eigenvalue weighted by atomic mass is 9.85. The van der Waals surface area contributed by atoms with Gasteiger partial charge in [0, 0.05) is 37.3 Å². The van der Waals surface area contributed by atoms with Gasteiger partial charge in [-0.05, 0) is 48.7 Å². The molecule has 1 spiro atoms. The van der Waals surface area contributed by atoms with Crippen molar-refractivity contribution in [3.63, 3.8) is 0 Å². The highest BCUT2D eigenvalue weighted by molar-refractivity contribution is 6.30. The van der Waals surface area contributed by atoms with E-state index < -0.39 is 40.5 Å². The molecule has 2 aliphatic heterocycles. The number of carbonyl (C=O) groups excluding carboxylic acids is 2. The quantitative estimate of drug-likeness (QED) is 0.504. The van der Waals surface area contributed by atoms with Crippen molar-refractivity contribution in [2.75, 3.05) is 26.8 Å². The van der Waals surface area contributed by atoms with Gasteiger partial charge < -0.3 is 9.80 Å². The van der Waals surface area contributed by atoms with Crippen LogP contribution in [0.1, 0.15) is 39.9 Å². The highest BCUT2D eigenvalue weighted by atomic mass is 35.5. The number of amides is 2. The second kappa shape index (κ2) is 9.26. The van der Waals surface area contributed by atoms with E-state index >= 15 is 0 Å². The summed E-state index contributed by atoms with van der Waals surface area (Å²) in [6, 6.07) is 8.02. The third kappa shape index (κ3) is 5.04. The summed E-state index contributed by atoms with van der Waals surface area (Å²) < 4.78 is 79.3. The largest absolute Gasteiger partial charge is 0.416 e. The first kappa shape index (κ1) is 26.3. The van der Waals surface area contributed by atoms with E-state index in [1.807, 2.05) is 11.0 Å². The van der Waals surface area contributed by atoms with Crippen LogP contribution in [0.25, 0.3) is 0 Å². The highest BCUT2D eigenvalue weighted by Crippen LogP contribution is 2.39. The van der Waals surface area contributed by atoms with Gasteiger partial charge in [-0.2, -0.15) is 26.3 Å². The van der Waals surface area contributed by atoms with Crippen LogP contribution in [-0.4, -0.2) is 58.9 Å². The van der Waals surface area contributed by atoms with Crippen LogP contribution < -0.4 is 0 Å². The smallest absolute Gasteiger partial charge is 0.338 e. The maximum absolute atomic E-state index is 13.2. The molecule has 2 fully saturated rings. The van der Waals surface area contributed by atoms with Crippen molar-refractivity contribution in [1.29, 1.82) is 0 Å². The minimum atomic E-state index is -5.05. The van der Waals surface area contributed by atoms with Crippen molar-refractivity contribution in [3.05, 3.63) is 69.7 Å². The first-order valence-corrected chi connectivity index (χ1v) is 11.4. The van der Waals surface area contributed by atoms with Gasteiger partial charge in [0.15, 0.2) is 0 Å². The zero-order chi connectivity index (χ0) is 26.5. The number of nitrogens with zero attached hydrogens (tertiary/aromatic N) is 3. The molecule has 12 heteroatoms. The van der Waals surface area contributed by atoms with E-state index in [1.165, 1.54) is 4.90 Å². The fraction of sp³-hybridized carbons (Fsp3) is 0.417. The van der Waals surface area contributed by atoms with Gasteiger partial charge in [-0.3, -0.25) is 14.5 Å². The van der Waals surface area contributed by atoms with Crippen molar-refractivity contribution < 1.29 is 35.9 Å². The van der Waals surface area contributed by atoms with Crippen LogP contribution >= 0.6 is 11.6 Å². The van der Waals surface area contributed by atoms with Crippen LogP contribution in [0.3, 0.4) is 0 Å². The van der Waals surface area contributed by atoms with Crippen LogP contribution in [-0.2, 0) is 23.7 Å². The van der Waals surface area contributed by atoms with Gasteiger partial charge in [-0.1, -0.05) is 23.7 Å². The van der Waals surface area contributed by atoms with Gasteiger partial charge in [-0.25, -0.2) is 0 Å². The molecule has 0 radical (unpaired) electrons. The number of carbonyl (C=O) groups is 2. The standard InChI is InChI=1S/C24H22ClF6N3O2/c1-32-14-34(13-15-3-2-4-19(25)9-15)22(21(32)36)5-7-33(8-6-22)20(35)16-10-17(23(26,27)28)12-18(11-16)24(29,30)31/h2-4,9-12H,5-8,13-14H2,1H3. The Kier molecular flexibility index (Phi) is 6.76. The van der Waals surface area contributed by atoms with Gasteiger partial charge in [0.25, 0.3) is 5.91 Å². The summed E-state index contributed by atoms with van der Waals surface area (Å²) in [5.41, 5.74) is -3.84. The lowest BCUT2D eigenvalue weighted by molar-refractivity contribution is -0.143. The average Bonchev–Trinajstić information content (AvgIpc) is 3.02. The second-order valence-corrected chi connectivity index (χ2v) is 9.53. The zero-order valence-corrected chi connectivity index (χ0v) is 19.8. The minimum absolute atomic E-state index is 0.00204. The number of alkyl halides is 6. The number of piperidine rings is 1. The van der Waals surface area contributed by atoms with Crippen molar-refractivity contribution >= 4 is 23.4 Å². The fourth-order valence-corrected chi connectivity index (χ4v) is 5.09. The van der Waals surface area contributed by atoms with E-state index in [4.69, 9.17) is 11.6 Å². The maximum atomic E-state index is 13.2. The van der Waals surface area contributed by atoms with Gasteiger partial charge in [0.1, 0.15) is 5.54 Å². The summed E-state index contributed by atoms with van der Waals surface area (Å²) in [6.07, 6.45) is -9.73. The Balaban J connectivity index is 1.56. The molecule has 36 heavy (non-hydrogen) atoms. The van der Waals surface area contributed by atoms with E-state index in [1.54, 1.807) is 30.1 Å². The lowest BCUT2D eigenvalue weighted by Crippen LogP contribution is -2.56.